The molecule has 0 bridgehead atoms. The monoisotopic (exact) mass is 373 g/mol. The largest absolute Gasteiger partial charge is 0.507 e. The van der Waals surface area contributed by atoms with Gasteiger partial charge in [0.2, 0.25) is 0 Å². The lowest BCUT2D eigenvalue weighted by Crippen LogP contribution is -2.38. The van der Waals surface area contributed by atoms with E-state index in [0.29, 0.717) is 5.56 Å². The number of methoxy groups -OCH3 is 2. The average molecular weight is 373 g/mol. The third kappa shape index (κ3) is 3.14. The molecule has 0 amide bonds. The second kappa shape index (κ2) is 6.94. The molecule has 0 saturated heterocycles. The van der Waals surface area contributed by atoms with E-state index in [4.69, 9.17) is 14.2 Å². The highest BCUT2D eigenvalue weighted by Gasteiger charge is 2.46. The number of esters is 2. The van der Waals surface area contributed by atoms with E-state index < -0.39 is 28.7 Å². The van der Waals surface area contributed by atoms with Crippen LogP contribution < -0.4 is 9.47 Å². The number of carbonyl (C=O) groups excluding carboxylic acids is 2. The van der Waals surface area contributed by atoms with Crippen LogP contribution in [0.3, 0.4) is 0 Å². The first-order valence-electron chi connectivity index (χ1n) is 7.82. The van der Waals surface area contributed by atoms with Crippen LogP contribution in [0.15, 0.2) is 36.4 Å². The Bertz CT molecular complexity index is 922. The lowest BCUT2D eigenvalue weighted by atomic mass is 9.78. The van der Waals surface area contributed by atoms with Crippen LogP contribution in [0.25, 0.3) is 0 Å². The quantitative estimate of drug-likeness (QED) is 0.284. The number of benzene rings is 2. The van der Waals surface area contributed by atoms with E-state index in [1.165, 1.54) is 43.5 Å². The Morgan fingerprint density at radius 3 is 2.44 bits per heavy atom. The highest BCUT2D eigenvalue weighted by molar-refractivity contribution is 5.99. The van der Waals surface area contributed by atoms with Gasteiger partial charge >= 0.3 is 11.9 Å². The molecule has 1 aliphatic rings. The molecular weight excluding hydrogens is 358 g/mol. The maximum Gasteiger partial charge on any atom is 0.326 e. The number of phenols is 1. The lowest BCUT2D eigenvalue weighted by Gasteiger charge is -2.31. The first-order valence-corrected chi connectivity index (χ1v) is 7.82. The predicted octanol–water partition coefficient (Wildman–Crippen LogP) is 2.15. The van der Waals surface area contributed by atoms with E-state index in [1.54, 1.807) is 0 Å². The van der Waals surface area contributed by atoms with E-state index in [1.807, 2.05) is 0 Å². The Hall–Kier alpha value is -3.62. The number of fused-ring (bicyclic) bond motifs is 1. The molecule has 0 radical (unpaired) electrons. The molecule has 1 aliphatic heterocycles. The topological polar surface area (TPSA) is 125 Å². The summed E-state index contributed by atoms with van der Waals surface area (Å²) in [6.07, 6.45) is 0. The fourth-order valence-corrected chi connectivity index (χ4v) is 3.10. The number of rotatable bonds is 4. The molecule has 1 heterocycles. The van der Waals surface area contributed by atoms with Crippen molar-refractivity contribution in [2.45, 2.75) is 5.92 Å². The number of hydrogen-bond acceptors (Lipinski definition) is 8. The molecule has 2 aromatic carbocycles. The van der Waals surface area contributed by atoms with Crippen LogP contribution in [-0.4, -0.2) is 36.2 Å². The molecule has 1 N–H and O–H groups in total. The highest BCUT2D eigenvalue weighted by Crippen LogP contribution is 2.48. The van der Waals surface area contributed by atoms with Crippen molar-refractivity contribution in [3.8, 4) is 17.2 Å². The molecule has 27 heavy (non-hydrogen) atoms. The van der Waals surface area contributed by atoms with Crippen molar-refractivity contribution >= 4 is 17.6 Å². The first kappa shape index (κ1) is 18.2. The van der Waals surface area contributed by atoms with E-state index in [2.05, 4.69) is 0 Å². The van der Waals surface area contributed by atoms with E-state index in [9.17, 15) is 24.8 Å². The van der Waals surface area contributed by atoms with Crippen molar-refractivity contribution in [2.75, 3.05) is 14.2 Å². The Morgan fingerprint density at radius 2 is 1.89 bits per heavy atom. The van der Waals surface area contributed by atoms with E-state index in [-0.39, 0.29) is 28.5 Å². The van der Waals surface area contributed by atoms with Gasteiger partial charge < -0.3 is 19.3 Å². The zero-order valence-electron chi connectivity index (χ0n) is 14.4. The molecule has 9 heteroatoms. The SMILES string of the molecule is COC(=O)[C@@H]1C(=O)Oc2cc(OC)cc(O)c2[C@H]1c1ccc([N+](=O)[O-])cc1. The van der Waals surface area contributed by atoms with Crippen molar-refractivity contribution in [1.82, 2.24) is 0 Å². The van der Waals surface area contributed by atoms with Crippen LogP contribution in [-0.2, 0) is 14.3 Å². The van der Waals surface area contributed by atoms with Crippen LogP contribution in [0.5, 0.6) is 17.2 Å². The summed E-state index contributed by atoms with van der Waals surface area (Å²) in [5.74, 6) is -3.95. The predicted molar refractivity (Wildman–Crippen MR) is 90.7 cm³/mol. The van der Waals surface area contributed by atoms with Crippen LogP contribution in [0.4, 0.5) is 5.69 Å². The average Bonchev–Trinajstić information content (AvgIpc) is 2.66. The molecule has 9 nitrogen and oxygen atoms in total. The van der Waals surface area contributed by atoms with Gasteiger partial charge in [0.25, 0.3) is 5.69 Å². The number of aromatic hydroxyl groups is 1. The van der Waals surface area contributed by atoms with Crippen LogP contribution in [0.1, 0.15) is 17.0 Å². The number of nitrogens with zero attached hydrogens (tertiary/aromatic N) is 1. The van der Waals surface area contributed by atoms with Gasteiger partial charge in [0.1, 0.15) is 17.2 Å². The van der Waals surface area contributed by atoms with Gasteiger partial charge in [-0.3, -0.25) is 19.7 Å². The fourth-order valence-electron chi connectivity index (χ4n) is 3.10. The molecule has 0 saturated carbocycles. The number of nitro benzene ring substituents is 1. The summed E-state index contributed by atoms with van der Waals surface area (Å²) < 4.78 is 15.0. The maximum atomic E-state index is 12.5. The standard InChI is InChI=1S/C18H15NO8/c1-25-11-7-12(20)15-13(8-11)27-18(22)16(17(21)26-2)14(15)9-3-5-10(6-4-9)19(23)24/h3-8,14,16,20H,1-2H3/t14-,16-/m1/s1. The third-order valence-electron chi connectivity index (χ3n) is 4.36. The Kier molecular flexibility index (Phi) is 4.68. The zero-order valence-corrected chi connectivity index (χ0v) is 14.4. The van der Waals surface area contributed by atoms with E-state index >= 15 is 0 Å². The molecule has 2 aromatic rings. The molecule has 0 spiro atoms. The Morgan fingerprint density at radius 1 is 1.22 bits per heavy atom. The van der Waals surface area contributed by atoms with Crippen LogP contribution in [0, 0.1) is 16.0 Å². The Balaban J connectivity index is 2.21. The van der Waals surface area contributed by atoms with Crippen molar-refractivity contribution < 1.29 is 33.8 Å². The number of non-ortho nitro benzene ring substituents is 1. The fraction of sp³-hybridized carbons (Fsp3) is 0.222. The van der Waals surface area contributed by atoms with Crippen LogP contribution in [0.2, 0.25) is 0 Å². The van der Waals surface area contributed by atoms with Crippen LogP contribution >= 0.6 is 0 Å². The van der Waals surface area contributed by atoms with Gasteiger partial charge in [-0.1, -0.05) is 12.1 Å². The minimum Gasteiger partial charge on any atom is -0.507 e. The van der Waals surface area contributed by atoms with Crippen molar-refractivity contribution in [3.05, 3.63) is 57.6 Å². The third-order valence-corrected chi connectivity index (χ3v) is 4.36. The van der Waals surface area contributed by atoms with Gasteiger partial charge in [-0.15, -0.1) is 0 Å². The summed E-state index contributed by atoms with van der Waals surface area (Å²) in [6.45, 7) is 0. The highest BCUT2D eigenvalue weighted by atomic mass is 16.6. The summed E-state index contributed by atoms with van der Waals surface area (Å²) in [6, 6.07) is 8.09. The van der Waals surface area contributed by atoms with Crippen molar-refractivity contribution in [1.29, 1.82) is 0 Å². The summed E-state index contributed by atoms with van der Waals surface area (Å²) in [5, 5.41) is 21.4. The molecule has 0 unspecified atom stereocenters. The summed E-state index contributed by atoms with van der Waals surface area (Å²) in [7, 11) is 2.52. The molecule has 0 aromatic heterocycles. The summed E-state index contributed by atoms with van der Waals surface area (Å²) in [5.41, 5.74) is 0.458. The first-order chi connectivity index (χ1) is 12.9. The minimum atomic E-state index is -1.37. The number of hydrogen-bond donors (Lipinski definition) is 1. The minimum absolute atomic E-state index is 0.0420. The van der Waals surface area contributed by atoms with Gasteiger partial charge in [0.05, 0.1) is 19.1 Å². The molecule has 3 rings (SSSR count). The maximum absolute atomic E-state index is 12.5. The number of carbonyl (C=O) groups is 2. The number of nitro groups is 1. The smallest absolute Gasteiger partial charge is 0.326 e. The zero-order chi connectivity index (χ0) is 19.7. The Labute approximate surface area is 153 Å². The lowest BCUT2D eigenvalue weighted by molar-refractivity contribution is -0.384. The molecule has 140 valence electrons. The number of phenolic OH excluding ortho intramolecular Hbond substituents is 1. The molecule has 2 atom stereocenters. The second-order valence-corrected chi connectivity index (χ2v) is 5.81. The van der Waals surface area contributed by atoms with E-state index in [0.717, 1.165) is 7.11 Å². The van der Waals surface area contributed by atoms with Crippen molar-refractivity contribution in [3.63, 3.8) is 0 Å². The van der Waals surface area contributed by atoms with Gasteiger partial charge in [0, 0.05) is 35.7 Å². The van der Waals surface area contributed by atoms with Gasteiger partial charge in [-0.2, -0.15) is 0 Å². The van der Waals surface area contributed by atoms with Gasteiger partial charge in [-0.05, 0) is 5.56 Å². The molecular formula is C18H15NO8. The summed E-state index contributed by atoms with van der Waals surface area (Å²) in [4.78, 5) is 35.0. The second-order valence-electron chi connectivity index (χ2n) is 5.81. The van der Waals surface area contributed by atoms with Gasteiger partial charge in [-0.25, -0.2) is 0 Å². The summed E-state index contributed by atoms with van der Waals surface area (Å²) >= 11 is 0. The molecule has 0 aliphatic carbocycles. The normalized spacial score (nSPS) is 18.2. The molecule has 0 fully saturated rings. The van der Waals surface area contributed by atoms with Crippen molar-refractivity contribution in [2.24, 2.45) is 5.92 Å². The number of ether oxygens (including phenoxy) is 3. The van der Waals surface area contributed by atoms with Gasteiger partial charge in [0.15, 0.2) is 5.92 Å².